The Bertz CT molecular complexity index is 860. The predicted octanol–water partition coefficient (Wildman–Crippen LogP) is 3.87. The zero-order chi connectivity index (χ0) is 17.9. The number of aromatic nitrogens is 3. The van der Waals surface area contributed by atoms with Gasteiger partial charge in [0.2, 0.25) is 11.7 Å². The molecule has 0 amide bonds. The highest BCUT2D eigenvalue weighted by molar-refractivity contribution is 9.10. The summed E-state index contributed by atoms with van der Waals surface area (Å²) in [7, 11) is 0. The van der Waals surface area contributed by atoms with Crippen molar-refractivity contribution in [2.45, 2.75) is 6.54 Å². The van der Waals surface area contributed by atoms with E-state index in [1.807, 2.05) is 42.6 Å². The number of nitrogens with zero attached hydrogens (tertiary/aromatic N) is 5. The van der Waals surface area contributed by atoms with Gasteiger partial charge in [-0.1, -0.05) is 16.8 Å². The standard InChI is InChI=1S/C18H17BrClN5O/c19-14-3-6-16(21-11-14)25-9-7-24(8-10-25)12-17-22-18(23-26-17)13-1-4-15(20)5-2-13/h1-6,11H,7-10,12H2. The van der Waals surface area contributed by atoms with Gasteiger partial charge in [0.15, 0.2) is 0 Å². The van der Waals surface area contributed by atoms with E-state index in [0.717, 1.165) is 42.0 Å². The van der Waals surface area contributed by atoms with Gasteiger partial charge >= 0.3 is 0 Å². The molecule has 3 aromatic rings. The number of benzene rings is 1. The Hall–Kier alpha value is -1.96. The van der Waals surface area contributed by atoms with Gasteiger partial charge in [-0.15, -0.1) is 0 Å². The van der Waals surface area contributed by atoms with Gasteiger partial charge in [0.1, 0.15) is 5.82 Å². The first-order valence-electron chi connectivity index (χ1n) is 8.35. The molecule has 26 heavy (non-hydrogen) atoms. The maximum Gasteiger partial charge on any atom is 0.241 e. The first-order chi connectivity index (χ1) is 12.7. The first-order valence-corrected chi connectivity index (χ1v) is 9.52. The Kier molecular flexibility index (Phi) is 5.19. The summed E-state index contributed by atoms with van der Waals surface area (Å²) in [6, 6.07) is 11.5. The fourth-order valence-corrected chi connectivity index (χ4v) is 3.28. The summed E-state index contributed by atoms with van der Waals surface area (Å²) in [6.07, 6.45) is 1.83. The summed E-state index contributed by atoms with van der Waals surface area (Å²) in [4.78, 5) is 13.6. The Balaban J connectivity index is 1.34. The average Bonchev–Trinajstić information content (AvgIpc) is 3.12. The predicted molar refractivity (Wildman–Crippen MR) is 104 cm³/mol. The Morgan fingerprint density at radius 1 is 1.04 bits per heavy atom. The number of piperazine rings is 1. The molecule has 4 rings (SSSR count). The van der Waals surface area contributed by atoms with E-state index in [-0.39, 0.29) is 0 Å². The monoisotopic (exact) mass is 433 g/mol. The Morgan fingerprint density at radius 3 is 2.50 bits per heavy atom. The molecule has 0 unspecified atom stereocenters. The molecule has 1 aromatic carbocycles. The van der Waals surface area contributed by atoms with Crippen molar-refractivity contribution in [2.24, 2.45) is 0 Å². The fourth-order valence-electron chi connectivity index (χ4n) is 2.92. The lowest BCUT2D eigenvalue weighted by Crippen LogP contribution is -2.46. The molecular formula is C18H17BrClN5O. The molecule has 3 heterocycles. The van der Waals surface area contributed by atoms with Crippen LogP contribution in [0.4, 0.5) is 5.82 Å². The van der Waals surface area contributed by atoms with Crippen LogP contribution in [0, 0.1) is 0 Å². The fraction of sp³-hybridized carbons (Fsp3) is 0.278. The van der Waals surface area contributed by atoms with Crippen LogP contribution in [0.3, 0.4) is 0 Å². The number of hydrogen-bond acceptors (Lipinski definition) is 6. The van der Waals surface area contributed by atoms with Crippen molar-refractivity contribution in [3.8, 4) is 11.4 Å². The van der Waals surface area contributed by atoms with Gasteiger partial charge in [0.05, 0.1) is 6.54 Å². The molecule has 0 saturated carbocycles. The summed E-state index contributed by atoms with van der Waals surface area (Å²) >= 11 is 9.33. The second-order valence-corrected chi connectivity index (χ2v) is 7.47. The minimum atomic E-state index is 0.592. The van der Waals surface area contributed by atoms with Crippen LogP contribution in [0.5, 0.6) is 0 Å². The molecule has 1 aliphatic heterocycles. The molecule has 1 saturated heterocycles. The molecule has 134 valence electrons. The molecule has 2 aromatic heterocycles. The minimum absolute atomic E-state index is 0.592. The molecule has 1 aliphatic rings. The quantitative estimate of drug-likeness (QED) is 0.621. The van der Waals surface area contributed by atoms with E-state index < -0.39 is 0 Å². The summed E-state index contributed by atoms with van der Waals surface area (Å²) in [5.41, 5.74) is 0.899. The van der Waals surface area contributed by atoms with E-state index in [9.17, 15) is 0 Å². The second kappa shape index (κ2) is 7.73. The average molecular weight is 435 g/mol. The molecule has 6 nitrogen and oxygen atoms in total. The molecule has 0 atom stereocenters. The summed E-state index contributed by atoms with van der Waals surface area (Å²) in [5, 5.41) is 4.76. The largest absolute Gasteiger partial charge is 0.354 e. The SMILES string of the molecule is Clc1ccc(-c2noc(CN3CCN(c4ccc(Br)cn4)CC3)n2)cc1. The number of pyridine rings is 1. The van der Waals surface area contributed by atoms with E-state index in [1.54, 1.807) is 0 Å². The topological polar surface area (TPSA) is 58.3 Å². The van der Waals surface area contributed by atoms with Crippen LogP contribution >= 0.6 is 27.5 Å². The van der Waals surface area contributed by atoms with Gasteiger partial charge in [-0.05, 0) is 52.3 Å². The van der Waals surface area contributed by atoms with Crippen molar-refractivity contribution in [3.63, 3.8) is 0 Å². The van der Waals surface area contributed by atoms with Gasteiger partial charge in [-0.2, -0.15) is 4.98 Å². The van der Waals surface area contributed by atoms with Crippen molar-refractivity contribution >= 4 is 33.3 Å². The van der Waals surface area contributed by atoms with Crippen molar-refractivity contribution in [2.75, 3.05) is 31.1 Å². The molecule has 8 heteroatoms. The third kappa shape index (κ3) is 4.06. The zero-order valence-electron chi connectivity index (χ0n) is 14.0. The highest BCUT2D eigenvalue weighted by atomic mass is 79.9. The van der Waals surface area contributed by atoms with Crippen LogP contribution in [0.25, 0.3) is 11.4 Å². The Labute approximate surface area is 164 Å². The van der Waals surface area contributed by atoms with Gasteiger partial charge in [-0.25, -0.2) is 4.98 Å². The van der Waals surface area contributed by atoms with Crippen molar-refractivity contribution < 1.29 is 4.52 Å². The van der Waals surface area contributed by atoms with E-state index in [2.05, 4.69) is 40.9 Å². The van der Waals surface area contributed by atoms with E-state index >= 15 is 0 Å². The highest BCUT2D eigenvalue weighted by Gasteiger charge is 2.20. The summed E-state index contributed by atoms with van der Waals surface area (Å²) in [5.74, 6) is 2.23. The second-order valence-electron chi connectivity index (χ2n) is 6.12. The van der Waals surface area contributed by atoms with Crippen LogP contribution in [-0.4, -0.2) is 46.2 Å². The summed E-state index contributed by atoms with van der Waals surface area (Å²) in [6.45, 7) is 4.36. The molecule has 0 N–H and O–H groups in total. The summed E-state index contributed by atoms with van der Waals surface area (Å²) < 4.78 is 6.40. The number of hydrogen-bond donors (Lipinski definition) is 0. The van der Waals surface area contributed by atoms with Crippen LogP contribution in [0.15, 0.2) is 51.6 Å². The van der Waals surface area contributed by atoms with Gasteiger partial charge in [0, 0.05) is 47.4 Å². The van der Waals surface area contributed by atoms with Crippen LogP contribution in [0.1, 0.15) is 5.89 Å². The number of anilines is 1. The van der Waals surface area contributed by atoms with Gasteiger partial charge < -0.3 is 9.42 Å². The lowest BCUT2D eigenvalue weighted by atomic mass is 10.2. The van der Waals surface area contributed by atoms with Gasteiger partial charge in [-0.3, -0.25) is 4.90 Å². The third-order valence-corrected chi connectivity index (χ3v) is 5.06. The first kappa shape index (κ1) is 17.5. The maximum absolute atomic E-state index is 5.92. The number of rotatable bonds is 4. The molecule has 0 radical (unpaired) electrons. The van der Waals surface area contributed by atoms with Crippen molar-refractivity contribution in [1.29, 1.82) is 0 Å². The smallest absolute Gasteiger partial charge is 0.241 e. The molecular weight excluding hydrogens is 418 g/mol. The van der Waals surface area contributed by atoms with E-state index in [1.165, 1.54) is 0 Å². The molecule has 0 bridgehead atoms. The number of halogens is 2. The molecule has 0 spiro atoms. The zero-order valence-corrected chi connectivity index (χ0v) is 16.3. The Morgan fingerprint density at radius 2 is 1.81 bits per heavy atom. The normalized spacial score (nSPS) is 15.4. The van der Waals surface area contributed by atoms with E-state index in [0.29, 0.717) is 23.3 Å². The minimum Gasteiger partial charge on any atom is -0.354 e. The molecule has 0 aliphatic carbocycles. The third-order valence-electron chi connectivity index (χ3n) is 4.34. The lowest BCUT2D eigenvalue weighted by molar-refractivity contribution is 0.215. The van der Waals surface area contributed by atoms with Crippen LogP contribution < -0.4 is 4.90 Å². The van der Waals surface area contributed by atoms with Crippen molar-refractivity contribution in [1.82, 2.24) is 20.0 Å². The maximum atomic E-state index is 5.92. The molecule has 1 fully saturated rings. The van der Waals surface area contributed by atoms with Crippen LogP contribution in [-0.2, 0) is 6.54 Å². The highest BCUT2D eigenvalue weighted by Crippen LogP contribution is 2.20. The van der Waals surface area contributed by atoms with E-state index in [4.69, 9.17) is 16.1 Å². The van der Waals surface area contributed by atoms with Gasteiger partial charge in [0.25, 0.3) is 0 Å². The van der Waals surface area contributed by atoms with Crippen molar-refractivity contribution in [3.05, 3.63) is 58.0 Å². The lowest BCUT2D eigenvalue weighted by Gasteiger charge is -2.34. The van der Waals surface area contributed by atoms with Crippen LogP contribution in [0.2, 0.25) is 5.02 Å².